The average molecular weight is 292 g/mol. The number of benzene rings is 1. The number of nitrogens with one attached hydrogen (secondary N) is 1. The maximum atomic E-state index is 11.9. The van der Waals surface area contributed by atoms with Gasteiger partial charge < -0.3 is 4.74 Å². The van der Waals surface area contributed by atoms with Gasteiger partial charge in [-0.15, -0.1) is 11.6 Å². The molecule has 0 heterocycles. The molecule has 1 atom stereocenters. The number of alkyl halides is 1. The molecule has 0 aliphatic heterocycles. The minimum Gasteiger partial charge on any atom is -0.495 e. The van der Waals surface area contributed by atoms with Crippen LogP contribution >= 0.6 is 11.6 Å². The summed E-state index contributed by atoms with van der Waals surface area (Å²) in [6, 6.07) is 5.33. The number of methoxy groups -OCH3 is 1. The molecule has 0 fully saturated rings. The number of rotatable bonds is 6. The molecule has 1 rings (SSSR count). The minimum atomic E-state index is -3.41. The van der Waals surface area contributed by atoms with Crippen molar-refractivity contribution in [2.45, 2.75) is 13.8 Å². The Morgan fingerprint density at radius 3 is 2.67 bits per heavy atom. The van der Waals surface area contributed by atoms with Crippen molar-refractivity contribution in [1.29, 1.82) is 0 Å². The van der Waals surface area contributed by atoms with Crippen LogP contribution in [0.1, 0.15) is 12.5 Å². The summed E-state index contributed by atoms with van der Waals surface area (Å²) in [5, 5.41) is 0. The maximum Gasteiger partial charge on any atom is 0.233 e. The molecule has 0 spiro atoms. The van der Waals surface area contributed by atoms with Gasteiger partial charge in [-0.3, -0.25) is 4.72 Å². The van der Waals surface area contributed by atoms with E-state index in [1.807, 2.05) is 13.0 Å². The molecule has 0 aliphatic carbocycles. The van der Waals surface area contributed by atoms with E-state index < -0.39 is 10.0 Å². The summed E-state index contributed by atoms with van der Waals surface area (Å²) in [4.78, 5) is 0. The number of hydrogen-bond donors (Lipinski definition) is 1. The second-order valence-electron chi connectivity index (χ2n) is 4.35. The predicted molar refractivity (Wildman–Crippen MR) is 75.0 cm³/mol. The molecule has 0 saturated carbocycles. The van der Waals surface area contributed by atoms with Crippen molar-refractivity contribution in [3.05, 3.63) is 23.8 Å². The molecule has 0 radical (unpaired) electrons. The normalized spacial score (nSPS) is 13.1. The van der Waals surface area contributed by atoms with Crippen molar-refractivity contribution in [2.24, 2.45) is 5.92 Å². The van der Waals surface area contributed by atoms with Crippen LogP contribution in [-0.2, 0) is 10.0 Å². The van der Waals surface area contributed by atoms with Crippen molar-refractivity contribution < 1.29 is 13.2 Å². The van der Waals surface area contributed by atoms with Gasteiger partial charge in [0.1, 0.15) is 5.75 Å². The largest absolute Gasteiger partial charge is 0.495 e. The Bertz CT molecular complexity index is 502. The third-order valence-electron chi connectivity index (χ3n) is 2.39. The minimum absolute atomic E-state index is 0.00635. The molecule has 1 aromatic rings. The second-order valence-corrected chi connectivity index (χ2v) is 6.42. The Labute approximate surface area is 113 Å². The van der Waals surface area contributed by atoms with Gasteiger partial charge in [0.25, 0.3) is 0 Å². The lowest BCUT2D eigenvalue weighted by Crippen LogP contribution is -2.22. The standard InChI is InChI=1S/C12H18ClNO3S/c1-9-4-5-12(17-3)11(6-9)14-18(15,16)8-10(2)7-13/h4-6,10,14H,7-8H2,1-3H3. The highest BCUT2D eigenvalue weighted by molar-refractivity contribution is 7.92. The maximum absolute atomic E-state index is 11.9. The van der Waals surface area contributed by atoms with Crippen LogP contribution in [0, 0.1) is 12.8 Å². The van der Waals surface area contributed by atoms with Gasteiger partial charge in [-0.25, -0.2) is 8.42 Å². The van der Waals surface area contributed by atoms with Crippen molar-refractivity contribution in [3.63, 3.8) is 0 Å². The Hall–Kier alpha value is -0.940. The van der Waals surface area contributed by atoms with Gasteiger partial charge in [-0.05, 0) is 30.5 Å². The first kappa shape index (κ1) is 15.1. The Balaban J connectivity index is 2.93. The van der Waals surface area contributed by atoms with Gasteiger partial charge >= 0.3 is 0 Å². The van der Waals surface area contributed by atoms with E-state index in [0.717, 1.165) is 5.56 Å². The number of halogens is 1. The highest BCUT2D eigenvalue weighted by Crippen LogP contribution is 2.26. The molecule has 0 bridgehead atoms. The highest BCUT2D eigenvalue weighted by Gasteiger charge is 2.17. The van der Waals surface area contributed by atoms with E-state index in [9.17, 15) is 8.42 Å². The summed E-state index contributed by atoms with van der Waals surface area (Å²) < 4.78 is 31.5. The van der Waals surface area contributed by atoms with Crippen molar-refractivity contribution >= 4 is 27.3 Å². The quantitative estimate of drug-likeness (QED) is 0.820. The molecule has 1 aromatic carbocycles. The number of hydrogen-bond acceptors (Lipinski definition) is 3. The first-order valence-electron chi connectivity index (χ1n) is 5.59. The number of ether oxygens (including phenoxy) is 1. The molecular formula is C12H18ClNO3S. The molecule has 1 unspecified atom stereocenters. The summed E-state index contributed by atoms with van der Waals surface area (Å²) in [5.74, 6) is 0.710. The van der Waals surface area contributed by atoms with Crippen molar-refractivity contribution in [3.8, 4) is 5.75 Å². The summed E-state index contributed by atoms with van der Waals surface area (Å²) in [5.41, 5.74) is 1.41. The van der Waals surface area contributed by atoms with Gasteiger partial charge in [-0.2, -0.15) is 0 Å². The van der Waals surface area contributed by atoms with Crippen LogP contribution in [0.15, 0.2) is 18.2 Å². The fourth-order valence-electron chi connectivity index (χ4n) is 1.53. The van der Waals surface area contributed by atoms with Crippen LogP contribution in [0.4, 0.5) is 5.69 Å². The molecule has 0 aromatic heterocycles. The van der Waals surface area contributed by atoms with Gasteiger partial charge in [0.2, 0.25) is 10.0 Å². The Morgan fingerprint density at radius 1 is 1.44 bits per heavy atom. The number of sulfonamides is 1. The van der Waals surface area contributed by atoms with Crippen LogP contribution in [-0.4, -0.2) is 27.2 Å². The first-order valence-corrected chi connectivity index (χ1v) is 7.77. The lowest BCUT2D eigenvalue weighted by molar-refractivity contribution is 0.417. The molecule has 0 aliphatic rings. The first-order chi connectivity index (χ1) is 8.38. The molecular weight excluding hydrogens is 274 g/mol. The van der Waals surface area contributed by atoms with E-state index in [1.165, 1.54) is 7.11 Å². The van der Waals surface area contributed by atoms with Gasteiger partial charge in [0, 0.05) is 5.88 Å². The number of anilines is 1. The Morgan fingerprint density at radius 2 is 2.11 bits per heavy atom. The zero-order valence-corrected chi connectivity index (χ0v) is 12.3. The molecule has 4 nitrogen and oxygen atoms in total. The van der Waals surface area contributed by atoms with E-state index in [2.05, 4.69) is 4.72 Å². The van der Waals surface area contributed by atoms with E-state index in [4.69, 9.17) is 16.3 Å². The van der Waals surface area contributed by atoms with Crippen LogP contribution in [0.25, 0.3) is 0 Å². The lowest BCUT2D eigenvalue weighted by atomic mass is 10.2. The van der Waals surface area contributed by atoms with Crippen LogP contribution in [0.5, 0.6) is 5.75 Å². The lowest BCUT2D eigenvalue weighted by Gasteiger charge is -2.14. The van der Waals surface area contributed by atoms with E-state index in [-0.39, 0.29) is 11.7 Å². The molecule has 0 amide bonds. The molecule has 6 heteroatoms. The summed E-state index contributed by atoms with van der Waals surface area (Å²) in [6.45, 7) is 3.68. The summed E-state index contributed by atoms with van der Waals surface area (Å²) >= 11 is 5.63. The molecule has 18 heavy (non-hydrogen) atoms. The van der Waals surface area contributed by atoms with Gasteiger partial charge in [0.15, 0.2) is 0 Å². The summed E-state index contributed by atoms with van der Waals surface area (Å²) in [7, 11) is -1.91. The van der Waals surface area contributed by atoms with Crippen molar-refractivity contribution in [2.75, 3.05) is 23.5 Å². The van der Waals surface area contributed by atoms with Crippen molar-refractivity contribution in [1.82, 2.24) is 0 Å². The van der Waals surface area contributed by atoms with E-state index >= 15 is 0 Å². The zero-order valence-electron chi connectivity index (χ0n) is 10.7. The van der Waals surface area contributed by atoms with Gasteiger partial charge in [-0.1, -0.05) is 13.0 Å². The van der Waals surface area contributed by atoms with Crippen LogP contribution in [0.2, 0.25) is 0 Å². The SMILES string of the molecule is COc1ccc(C)cc1NS(=O)(=O)CC(C)CCl. The topological polar surface area (TPSA) is 55.4 Å². The Kier molecular flexibility index (Phi) is 5.28. The molecule has 102 valence electrons. The highest BCUT2D eigenvalue weighted by atomic mass is 35.5. The third kappa shape index (κ3) is 4.38. The average Bonchev–Trinajstić information content (AvgIpc) is 2.28. The predicted octanol–water partition coefficient (Wildman–Crippen LogP) is 2.62. The molecule has 1 N–H and O–H groups in total. The number of aryl methyl sites for hydroxylation is 1. The summed E-state index contributed by atoms with van der Waals surface area (Å²) in [6.07, 6.45) is 0. The second kappa shape index (κ2) is 6.29. The fraction of sp³-hybridized carbons (Fsp3) is 0.500. The smallest absolute Gasteiger partial charge is 0.233 e. The monoisotopic (exact) mass is 291 g/mol. The van der Waals surface area contributed by atoms with E-state index in [1.54, 1.807) is 19.1 Å². The third-order valence-corrected chi connectivity index (χ3v) is 4.45. The van der Waals surface area contributed by atoms with E-state index in [0.29, 0.717) is 17.3 Å². The zero-order chi connectivity index (χ0) is 13.8. The molecule has 0 saturated heterocycles. The van der Waals surface area contributed by atoms with Crippen LogP contribution in [0.3, 0.4) is 0 Å². The van der Waals surface area contributed by atoms with Crippen LogP contribution < -0.4 is 9.46 Å². The fourth-order valence-corrected chi connectivity index (χ4v) is 3.21. The van der Waals surface area contributed by atoms with Gasteiger partial charge in [0.05, 0.1) is 18.6 Å².